The van der Waals surface area contributed by atoms with Crippen LogP contribution in [-0.4, -0.2) is 54.1 Å². The van der Waals surface area contributed by atoms with E-state index in [9.17, 15) is 19.5 Å². The van der Waals surface area contributed by atoms with Gasteiger partial charge in [0.15, 0.2) is 0 Å². The molecular formula is C16H18ClN3O4. The monoisotopic (exact) mass is 351 g/mol. The third kappa shape index (κ3) is 2.91. The topological polar surface area (TPSA) is 90.0 Å². The van der Waals surface area contributed by atoms with Crippen molar-refractivity contribution in [2.45, 2.75) is 6.92 Å². The maximum absolute atomic E-state index is 12.8. The lowest BCUT2D eigenvalue weighted by molar-refractivity contribution is -0.142. The van der Waals surface area contributed by atoms with E-state index in [2.05, 4.69) is 5.32 Å². The predicted octanol–water partition coefficient (Wildman–Crippen LogP) is 1.66. The number of anilines is 1. The van der Waals surface area contributed by atoms with Gasteiger partial charge in [-0.1, -0.05) is 18.5 Å². The number of halogens is 1. The van der Waals surface area contributed by atoms with Gasteiger partial charge in [-0.25, -0.2) is 4.79 Å². The van der Waals surface area contributed by atoms with Crippen LogP contribution >= 0.6 is 11.6 Å². The molecule has 7 nitrogen and oxygen atoms in total. The summed E-state index contributed by atoms with van der Waals surface area (Å²) < 4.78 is 0. The second-order valence-electron chi connectivity index (χ2n) is 6.18. The molecule has 0 spiro atoms. The van der Waals surface area contributed by atoms with Crippen LogP contribution in [0.25, 0.3) is 0 Å². The highest BCUT2D eigenvalue weighted by Crippen LogP contribution is 2.29. The number of benzene rings is 1. The van der Waals surface area contributed by atoms with Crippen molar-refractivity contribution in [3.63, 3.8) is 0 Å². The molecule has 2 aliphatic heterocycles. The predicted molar refractivity (Wildman–Crippen MR) is 88.4 cm³/mol. The number of carboxylic acid groups (broad SMARTS) is 1. The Bertz CT molecular complexity index is 709. The van der Waals surface area contributed by atoms with Crippen LogP contribution in [0.5, 0.6) is 0 Å². The van der Waals surface area contributed by atoms with E-state index in [1.165, 1.54) is 4.90 Å². The molecule has 24 heavy (non-hydrogen) atoms. The largest absolute Gasteiger partial charge is 0.481 e. The minimum atomic E-state index is -0.897. The Morgan fingerprint density at radius 1 is 1.33 bits per heavy atom. The summed E-state index contributed by atoms with van der Waals surface area (Å²) in [5.74, 6) is -1.89. The molecule has 2 saturated heterocycles. The number of likely N-dealkylation sites (tertiary alicyclic amines) is 1. The molecule has 2 aliphatic rings. The average Bonchev–Trinajstić information content (AvgIpc) is 3.13. The first-order valence-electron chi connectivity index (χ1n) is 7.75. The number of carboxylic acids is 1. The lowest BCUT2D eigenvalue weighted by Crippen LogP contribution is -2.31. The molecule has 0 radical (unpaired) electrons. The highest BCUT2D eigenvalue weighted by atomic mass is 35.5. The Labute approximate surface area is 144 Å². The highest BCUT2D eigenvalue weighted by Gasteiger charge is 2.37. The van der Waals surface area contributed by atoms with Crippen LogP contribution in [0.1, 0.15) is 17.3 Å². The Morgan fingerprint density at radius 2 is 2.08 bits per heavy atom. The van der Waals surface area contributed by atoms with Gasteiger partial charge < -0.3 is 15.3 Å². The van der Waals surface area contributed by atoms with Crippen molar-refractivity contribution in [3.05, 3.63) is 28.8 Å². The number of hydrogen-bond donors (Lipinski definition) is 2. The third-order valence-corrected chi connectivity index (χ3v) is 4.90. The summed E-state index contributed by atoms with van der Waals surface area (Å²) >= 11 is 6.17. The highest BCUT2D eigenvalue weighted by molar-refractivity contribution is 6.34. The first-order valence-corrected chi connectivity index (χ1v) is 8.13. The summed E-state index contributed by atoms with van der Waals surface area (Å²) in [6.07, 6.45) is 0. The van der Waals surface area contributed by atoms with Gasteiger partial charge in [0.1, 0.15) is 0 Å². The summed E-state index contributed by atoms with van der Waals surface area (Å²) in [6.45, 7) is 3.43. The van der Waals surface area contributed by atoms with Crippen molar-refractivity contribution < 1.29 is 19.5 Å². The van der Waals surface area contributed by atoms with Crippen molar-refractivity contribution in [3.8, 4) is 0 Å². The minimum Gasteiger partial charge on any atom is -0.481 e. The summed E-state index contributed by atoms with van der Waals surface area (Å²) in [5.41, 5.74) is 0.881. The van der Waals surface area contributed by atoms with Gasteiger partial charge in [-0.15, -0.1) is 0 Å². The number of aliphatic carboxylic acids is 1. The molecule has 2 fully saturated rings. The summed E-state index contributed by atoms with van der Waals surface area (Å²) in [5, 5.41) is 12.2. The van der Waals surface area contributed by atoms with Crippen LogP contribution in [0.2, 0.25) is 5.02 Å². The van der Waals surface area contributed by atoms with Gasteiger partial charge in [0.2, 0.25) is 0 Å². The first kappa shape index (κ1) is 16.6. The fourth-order valence-electron chi connectivity index (χ4n) is 3.19. The van der Waals surface area contributed by atoms with E-state index in [1.807, 2.05) is 6.92 Å². The Hall–Kier alpha value is -2.28. The molecule has 2 heterocycles. The molecule has 2 atom stereocenters. The van der Waals surface area contributed by atoms with Crippen molar-refractivity contribution in [1.29, 1.82) is 0 Å². The zero-order valence-corrected chi connectivity index (χ0v) is 13.9. The normalized spacial score (nSPS) is 23.5. The molecule has 0 saturated carbocycles. The van der Waals surface area contributed by atoms with Gasteiger partial charge in [-0.05, 0) is 24.1 Å². The maximum Gasteiger partial charge on any atom is 0.321 e. The van der Waals surface area contributed by atoms with Gasteiger partial charge >= 0.3 is 12.0 Å². The SMILES string of the molecule is C[C@@H]1CN(C(=O)c2cc(N3CCNC3=O)ccc2Cl)C[C@H]1C(=O)O. The van der Waals surface area contributed by atoms with Gasteiger partial charge in [0, 0.05) is 31.9 Å². The first-order chi connectivity index (χ1) is 11.4. The number of hydrogen-bond acceptors (Lipinski definition) is 3. The zero-order valence-electron chi connectivity index (χ0n) is 13.2. The van der Waals surface area contributed by atoms with Crippen molar-refractivity contribution in [2.24, 2.45) is 11.8 Å². The number of carbonyl (C=O) groups is 3. The minimum absolute atomic E-state index is 0.113. The van der Waals surface area contributed by atoms with Crippen LogP contribution in [0, 0.1) is 11.8 Å². The molecule has 0 aliphatic carbocycles. The zero-order chi connectivity index (χ0) is 17.4. The molecule has 1 aromatic carbocycles. The Balaban J connectivity index is 1.85. The quantitative estimate of drug-likeness (QED) is 0.866. The fraction of sp³-hybridized carbons (Fsp3) is 0.438. The second-order valence-corrected chi connectivity index (χ2v) is 6.59. The summed E-state index contributed by atoms with van der Waals surface area (Å²) in [6, 6.07) is 4.66. The van der Waals surface area contributed by atoms with E-state index in [4.69, 9.17) is 11.6 Å². The van der Waals surface area contributed by atoms with E-state index in [-0.39, 0.29) is 35.0 Å². The molecule has 3 rings (SSSR count). The van der Waals surface area contributed by atoms with Gasteiger partial charge in [-0.2, -0.15) is 0 Å². The molecule has 2 N–H and O–H groups in total. The number of nitrogens with one attached hydrogen (secondary N) is 1. The lowest BCUT2D eigenvalue weighted by Gasteiger charge is -2.19. The number of carbonyl (C=O) groups excluding carboxylic acids is 2. The third-order valence-electron chi connectivity index (χ3n) is 4.57. The number of amides is 3. The van der Waals surface area contributed by atoms with Crippen LogP contribution < -0.4 is 10.2 Å². The summed E-state index contributed by atoms with van der Waals surface area (Å²) in [7, 11) is 0. The van der Waals surface area contributed by atoms with E-state index in [1.54, 1.807) is 23.1 Å². The standard InChI is InChI=1S/C16H18ClN3O4/c1-9-7-19(8-12(9)15(22)23)14(21)11-6-10(2-3-13(11)17)20-5-4-18-16(20)24/h2-3,6,9,12H,4-5,7-8H2,1H3,(H,18,24)(H,22,23)/t9-,12-/m1/s1. The van der Waals surface area contributed by atoms with Crippen LogP contribution in [0.15, 0.2) is 18.2 Å². The molecule has 1 aromatic rings. The van der Waals surface area contributed by atoms with Crippen molar-refractivity contribution in [2.75, 3.05) is 31.1 Å². The number of nitrogens with zero attached hydrogens (tertiary/aromatic N) is 2. The second kappa shape index (κ2) is 6.32. The van der Waals surface area contributed by atoms with E-state index in [0.717, 1.165) is 0 Å². The van der Waals surface area contributed by atoms with Crippen LogP contribution in [0.3, 0.4) is 0 Å². The van der Waals surface area contributed by atoms with Crippen molar-refractivity contribution in [1.82, 2.24) is 10.2 Å². The van der Waals surface area contributed by atoms with E-state index < -0.39 is 11.9 Å². The van der Waals surface area contributed by atoms with Gasteiger partial charge in [-0.3, -0.25) is 14.5 Å². The number of urea groups is 1. The molecule has 128 valence electrons. The number of rotatable bonds is 3. The molecule has 3 amide bonds. The van der Waals surface area contributed by atoms with E-state index >= 15 is 0 Å². The molecule has 0 unspecified atom stereocenters. The van der Waals surface area contributed by atoms with Crippen LogP contribution in [0.4, 0.5) is 10.5 Å². The lowest BCUT2D eigenvalue weighted by atomic mass is 9.99. The molecule has 0 aromatic heterocycles. The Morgan fingerprint density at radius 3 is 2.67 bits per heavy atom. The van der Waals surface area contributed by atoms with Crippen molar-refractivity contribution >= 4 is 35.2 Å². The van der Waals surface area contributed by atoms with Gasteiger partial charge in [0.05, 0.1) is 16.5 Å². The van der Waals surface area contributed by atoms with Gasteiger partial charge in [0.25, 0.3) is 5.91 Å². The molecular weight excluding hydrogens is 334 g/mol. The van der Waals surface area contributed by atoms with Crippen LogP contribution in [-0.2, 0) is 4.79 Å². The fourth-order valence-corrected chi connectivity index (χ4v) is 3.39. The molecule has 0 bridgehead atoms. The average molecular weight is 352 g/mol. The summed E-state index contributed by atoms with van der Waals surface area (Å²) in [4.78, 5) is 38.8. The maximum atomic E-state index is 12.8. The smallest absolute Gasteiger partial charge is 0.321 e. The molecule has 8 heteroatoms. The Kier molecular flexibility index (Phi) is 4.36. The van der Waals surface area contributed by atoms with E-state index in [0.29, 0.717) is 25.3 Å².